The SMILES string of the molecule is Cc1ccc(S(=O)(=O)N[C@H](C(=O)N2CCCC2)C(C)C)c(C)c1. The summed E-state index contributed by atoms with van der Waals surface area (Å²) < 4.78 is 28.1. The number of nitrogens with one attached hydrogen (secondary N) is 1. The second kappa shape index (κ2) is 7.01. The van der Waals surface area contributed by atoms with Crippen LogP contribution >= 0.6 is 0 Å². The predicted octanol–water partition coefficient (Wildman–Crippen LogP) is 2.23. The average molecular weight is 338 g/mol. The van der Waals surface area contributed by atoms with Crippen LogP contribution in [0.15, 0.2) is 23.1 Å². The molecule has 1 aromatic carbocycles. The molecular weight excluding hydrogens is 312 g/mol. The van der Waals surface area contributed by atoms with Gasteiger partial charge in [-0.3, -0.25) is 4.79 Å². The molecule has 2 rings (SSSR count). The summed E-state index contributed by atoms with van der Waals surface area (Å²) in [6, 6.07) is 4.49. The number of hydrogen-bond donors (Lipinski definition) is 1. The average Bonchev–Trinajstić information content (AvgIpc) is 2.97. The Morgan fingerprint density at radius 3 is 2.30 bits per heavy atom. The van der Waals surface area contributed by atoms with Gasteiger partial charge < -0.3 is 4.90 Å². The molecule has 1 atom stereocenters. The van der Waals surface area contributed by atoms with Crippen LogP contribution in [-0.4, -0.2) is 38.4 Å². The van der Waals surface area contributed by atoms with E-state index in [2.05, 4.69) is 4.72 Å². The fourth-order valence-corrected chi connectivity index (χ4v) is 4.50. The van der Waals surface area contributed by atoms with Gasteiger partial charge in [0.2, 0.25) is 15.9 Å². The lowest BCUT2D eigenvalue weighted by molar-refractivity contribution is -0.132. The first-order valence-electron chi connectivity index (χ1n) is 8.11. The van der Waals surface area contributed by atoms with Crippen LogP contribution in [0, 0.1) is 19.8 Å². The summed E-state index contributed by atoms with van der Waals surface area (Å²) >= 11 is 0. The molecule has 0 bridgehead atoms. The topological polar surface area (TPSA) is 66.5 Å². The van der Waals surface area contributed by atoms with E-state index in [9.17, 15) is 13.2 Å². The van der Waals surface area contributed by atoms with E-state index in [0.717, 1.165) is 18.4 Å². The van der Waals surface area contributed by atoms with E-state index >= 15 is 0 Å². The molecule has 0 unspecified atom stereocenters. The lowest BCUT2D eigenvalue weighted by Crippen LogP contribution is -2.50. The second-order valence-electron chi connectivity index (χ2n) is 6.64. The number of benzene rings is 1. The summed E-state index contributed by atoms with van der Waals surface area (Å²) in [5.41, 5.74) is 1.70. The van der Waals surface area contributed by atoms with Crippen molar-refractivity contribution in [2.24, 2.45) is 5.92 Å². The monoisotopic (exact) mass is 338 g/mol. The molecule has 1 aromatic rings. The molecule has 1 aliphatic rings. The van der Waals surface area contributed by atoms with Gasteiger partial charge in [0.15, 0.2) is 0 Å². The number of aryl methyl sites for hydroxylation is 2. The van der Waals surface area contributed by atoms with Crippen LogP contribution in [0.25, 0.3) is 0 Å². The predicted molar refractivity (Wildman–Crippen MR) is 90.7 cm³/mol. The molecular formula is C17H26N2O3S. The molecule has 6 heteroatoms. The second-order valence-corrected chi connectivity index (χ2v) is 8.33. The third-order valence-electron chi connectivity index (χ3n) is 4.25. The van der Waals surface area contributed by atoms with E-state index in [1.54, 1.807) is 24.0 Å². The Kier molecular flexibility index (Phi) is 5.47. The number of carbonyl (C=O) groups excluding carboxylic acids is 1. The van der Waals surface area contributed by atoms with Gasteiger partial charge in [-0.25, -0.2) is 8.42 Å². The molecule has 1 heterocycles. The highest BCUT2D eigenvalue weighted by Crippen LogP contribution is 2.19. The van der Waals surface area contributed by atoms with Crippen LogP contribution in [-0.2, 0) is 14.8 Å². The van der Waals surface area contributed by atoms with Crippen LogP contribution in [0.4, 0.5) is 0 Å². The highest BCUT2D eigenvalue weighted by molar-refractivity contribution is 7.89. The maximum atomic E-state index is 12.7. The fourth-order valence-electron chi connectivity index (χ4n) is 2.94. The van der Waals surface area contributed by atoms with Gasteiger partial charge in [-0.2, -0.15) is 4.72 Å². The van der Waals surface area contributed by atoms with Gasteiger partial charge in [0, 0.05) is 13.1 Å². The van der Waals surface area contributed by atoms with Gasteiger partial charge in [0.1, 0.15) is 6.04 Å². The van der Waals surface area contributed by atoms with Gasteiger partial charge >= 0.3 is 0 Å². The molecule has 0 spiro atoms. The standard InChI is InChI=1S/C17H26N2O3S/c1-12(2)16(17(20)19-9-5-6-10-19)18-23(21,22)15-8-7-13(3)11-14(15)4/h7-8,11-12,16,18H,5-6,9-10H2,1-4H3/t16-/m0/s1. The molecule has 1 saturated heterocycles. The third-order valence-corrected chi connectivity index (χ3v) is 5.85. The first-order valence-corrected chi connectivity index (χ1v) is 9.59. The summed E-state index contributed by atoms with van der Waals surface area (Å²) in [5.74, 6) is -0.227. The minimum atomic E-state index is -3.72. The van der Waals surface area contributed by atoms with Gasteiger partial charge in [-0.15, -0.1) is 0 Å². The number of hydrogen-bond acceptors (Lipinski definition) is 3. The lowest BCUT2D eigenvalue weighted by atomic mass is 10.0. The van der Waals surface area contributed by atoms with Gasteiger partial charge in [0.05, 0.1) is 4.90 Å². The van der Waals surface area contributed by atoms with Crippen molar-refractivity contribution in [3.63, 3.8) is 0 Å². The van der Waals surface area contributed by atoms with Crippen molar-refractivity contribution < 1.29 is 13.2 Å². The van der Waals surface area contributed by atoms with Crippen LogP contribution < -0.4 is 4.72 Å². The number of likely N-dealkylation sites (tertiary alicyclic amines) is 1. The maximum Gasteiger partial charge on any atom is 0.241 e. The number of nitrogens with zero attached hydrogens (tertiary/aromatic N) is 1. The number of carbonyl (C=O) groups is 1. The highest BCUT2D eigenvalue weighted by Gasteiger charge is 2.33. The molecule has 1 amide bonds. The molecule has 5 nitrogen and oxygen atoms in total. The van der Waals surface area contributed by atoms with E-state index in [1.165, 1.54) is 0 Å². The van der Waals surface area contributed by atoms with Crippen molar-refractivity contribution in [3.05, 3.63) is 29.3 Å². The van der Waals surface area contributed by atoms with Crippen molar-refractivity contribution in [3.8, 4) is 0 Å². The Balaban J connectivity index is 2.26. The minimum absolute atomic E-state index is 0.108. The van der Waals surface area contributed by atoms with Crippen LogP contribution in [0.5, 0.6) is 0 Å². The van der Waals surface area contributed by atoms with E-state index in [1.807, 2.05) is 26.8 Å². The van der Waals surface area contributed by atoms with Crippen molar-refractivity contribution >= 4 is 15.9 Å². The Bertz CT molecular complexity index is 677. The molecule has 1 aliphatic heterocycles. The zero-order valence-corrected chi connectivity index (χ0v) is 15.1. The Labute approximate surface area is 139 Å². The molecule has 0 aromatic heterocycles. The Morgan fingerprint density at radius 1 is 1.17 bits per heavy atom. The summed E-state index contributed by atoms with van der Waals surface area (Å²) in [6.07, 6.45) is 1.97. The van der Waals surface area contributed by atoms with Crippen molar-refractivity contribution in [1.29, 1.82) is 0 Å². The molecule has 1 fully saturated rings. The first-order chi connectivity index (χ1) is 10.7. The van der Waals surface area contributed by atoms with Crippen LogP contribution in [0.2, 0.25) is 0 Å². The van der Waals surface area contributed by atoms with Crippen LogP contribution in [0.3, 0.4) is 0 Å². The van der Waals surface area contributed by atoms with Crippen molar-refractivity contribution in [2.45, 2.75) is 51.5 Å². The van der Waals surface area contributed by atoms with E-state index in [4.69, 9.17) is 0 Å². The third kappa shape index (κ3) is 4.12. The Hall–Kier alpha value is -1.40. The van der Waals surface area contributed by atoms with E-state index in [-0.39, 0.29) is 16.7 Å². The van der Waals surface area contributed by atoms with E-state index < -0.39 is 16.1 Å². The van der Waals surface area contributed by atoms with Gasteiger partial charge in [0.25, 0.3) is 0 Å². The number of sulfonamides is 1. The smallest absolute Gasteiger partial charge is 0.241 e. The van der Waals surface area contributed by atoms with Gasteiger partial charge in [-0.1, -0.05) is 31.5 Å². The van der Waals surface area contributed by atoms with Crippen molar-refractivity contribution in [1.82, 2.24) is 9.62 Å². The lowest BCUT2D eigenvalue weighted by Gasteiger charge is -2.26. The fraction of sp³-hybridized carbons (Fsp3) is 0.588. The van der Waals surface area contributed by atoms with E-state index in [0.29, 0.717) is 18.7 Å². The van der Waals surface area contributed by atoms with Gasteiger partial charge in [-0.05, 0) is 44.2 Å². The number of rotatable bonds is 5. The molecule has 0 saturated carbocycles. The maximum absolute atomic E-state index is 12.7. The zero-order valence-electron chi connectivity index (χ0n) is 14.3. The Morgan fingerprint density at radius 2 is 1.78 bits per heavy atom. The highest BCUT2D eigenvalue weighted by atomic mass is 32.2. The summed E-state index contributed by atoms with van der Waals surface area (Å²) in [5, 5.41) is 0. The molecule has 128 valence electrons. The first kappa shape index (κ1) is 17.9. The molecule has 23 heavy (non-hydrogen) atoms. The van der Waals surface area contributed by atoms with Crippen LogP contribution in [0.1, 0.15) is 37.8 Å². The quantitative estimate of drug-likeness (QED) is 0.895. The van der Waals surface area contributed by atoms with Crippen molar-refractivity contribution in [2.75, 3.05) is 13.1 Å². The minimum Gasteiger partial charge on any atom is -0.341 e. The summed E-state index contributed by atoms with van der Waals surface area (Å²) in [7, 11) is -3.72. The normalized spacial score (nSPS) is 16.8. The summed E-state index contributed by atoms with van der Waals surface area (Å²) in [4.78, 5) is 14.6. The zero-order chi connectivity index (χ0) is 17.2. The largest absolute Gasteiger partial charge is 0.341 e. The summed E-state index contributed by atoms with van der Waals surface area (Å²) in [6.45, 7) is 8.85. The molecule has 1 N–H and O–H groups in total. The molecule has 0 aliphatic carbocycles. The molecule has 0 radical (unpaired) electrons. The number of amides is 1.